The van der Waals surface area contributed by atoms with E-state index in [4.69, 9.17) is 8.85 Å². The predicted molar refractivity (Wildman–Crippen MR) is 159 cm³/mol. The molecule has 0 aromatic heterocycles. The van der Waals surface area contributed by atoms with Gasteiger partial charge in [-0.3, -0.25) is 0 Å². The molecule has 0 aromatic rings. The Labute approximate surface area is 216 Å². The highest BCUT2D eigenvalue weighted by molar-refractivity contribution is 8.02. The van der Waals surface area contributed by atoms with Crippen molar-refractivity contribution in [2.45, 2.75) is 156 Å². The summed E-state index contributed by atoms with van der Waals surface area (Å²) >= 11 is 2.27. The van der Waals surface area contributed by atoms with Crippen LogP contribution in [-0.4, -0.2) is 40.6 Å². The van der Waals surface area contributed by atoms with Crippen LogP contribution in [0.5, 0.6) is 0 Å². The highest BCUT2D eigenvalue weighted by Gasteiger charge is 2.38. The van der Waals surface area contributed by atoms with Gasteiger partial charge in [-0.1, -0.05) is 119 Å². The van der Waals surface area contributed by atoms with Crippen molar-refractivity contribution < 1.29 is 8.85 Å². The average molecular weight is 519 g/mol. The minimum Gasteiger partial charge on any atom is -0.416 e. The van der Waals surface area contributed by atoms with E-state index < -0.39 is 16.6 Å². The molecular formula is C28H62O2SSi2. The molecule has 0 spiro atoms. The summed E-state index contributed by atoms with van der Waals surface area (Å²) in [5.41, 5.74) is 0. The van der Waals surface area contributed by atoms with Gasteiger partial charge < -0.3 is 8.85 Å². The standard InChI is InChI=1S/C28H62O2SSi2/c1-7-13-17-23-32(29-21-11-5,24-18-14-8-2)27-31-28-33(30-22-12-6,25-19-15-9-3)26-20-16-10-4/h7-28H2,1-6H3. The van der Waals surface area contributed by atoms with E-state index in [0.29, 0.717) is 0 Å². The molecule has 33 heavy (non-hydrogen) atoms. The van der Waals surface area contributed by atoms with Crippen LogP contribution in [0.4, 0.5) is 0 Å². The molecule has 0 aliphatic heterocycles. The van der Waals surface area contributed by atoms with Gasteiger partial charge in [0, 0.05) is 24.0 Å². The smallest absolute Gasteiger partial charge is 0.202 e. The van der Waals surface area contributed by atoms with Crippen molar-refractivity contribution in [2.75, 3.05) is 24.0 Å². The van der Waals surface area contributed by atoms with Crippen molar-refractivity contribution in [3.8, 4) is 0 Å². The molecule has 0 heterocycles. The van der Waals surface area contributed by atoms with E-state index in [1.807, 2.05) is 0 Å². The third-order valence-electron chi connectivity index (χ3n) is 6.90. The first-order valence-corrected chi connectivity index (χ1v) is 21.1. The molecule has 5 heteroatoms. The van der Waals surface area contributed by atoms with Crippen LogP contribution in [0.1, 0.15) is 131 Å². The lowest BCUT2D eigenvalue weighted by Gasteiger charge is -2.35. The van der Waals surface area contributed by atoms with E-state index in [1.54, 1.807) is 0 Å². The Kier molecular flexibility index (Phi) is 23.6. The molecule has 0 unspecified atom stereocenters. The van der Waals surface area contributed by atoms with Crippen LogP contribution in [0.2, 0.25) is 24.2 Å². The largest absolute Gasteiger partial charge is 0.416 e. The van der Waals surface area contributed by atoms with Crippen molar-refractivity contribution >= 4 is 28.4 Å². The van der Waals surface area contributed by atoms with E-state index >= 15 is 0 Å². The van der Waals surface area contributed by atoms with Gasteiger partial charge in [0.2, 0.25) is 16.6 Å². The van der Waals surface area contributed by atoms with Crippen LogP contribution in [0.15, 0.2) is 0 Å². The van der Waals surface area contributed by atoms with E-state index in [-0.39, 0.29) is 0 Å². The molecular weight excluding hydrogens is 457 g/mol. The molecule has 0 atom stereocenters. The van der Waals surface area contributed by atoms with Gasteiger partial charge in [0.05, 0.1) is 0 Å². The number of hydrogen-bond acceptors (Lipinski definition) is 3. The summed E-state index contributed by atoms with van der Waals surface area (Å²) in [6.45, 7) is 15.9. The SMILES string of the molecule is CCCCC[Si](CCCCC)(CSC[Si](CCCCC)(CCCCC)OCCC)OCCC. The minimum atomic E-state index is -1.67. The molecule has 2 nitrogen and oxygen atoms in total. The van der Waals surface area contributed by atoms with Crippen LogP contribution in [0.3, 0.4) is 0 Å². The summed E-state index contributed by atoms with van der Waals surface area (Å²) in [4.78, 5) is 0. The van der Waals surface area contributed by atoms with Crippen molar-refractivity contribution in [1.29, 1.82) is 0 Å². The van der Waals surface area contributed by atoms with Crippen molar-refractivity contribution in [3.05, 3.63) is 0 Å². The van der Waals surface area contributed by atoms with E-state index in [1.165, 1.54) is 112 Å². The van der Waals surface area contributed by atoms with E-state index in [0.717, 1.165) is 26.1 Å². The third-order valence-corrected chi connectivity index (χ3v) is 19.4. The Morgan fingerprint density at radius 2 is 0.727 bits per heavy atom. The topological polar surface area (TPSA) is 18.5 Å². The number of unbranched alkanes of at least 4 members (excludes halogenated alkanes) is 8. The van der Waals surface area contributed by atoms with Gasteiger partial charge in [-0.25, -0.2) is 0 Å². The molecule has 0 N–H and O–H groups in total. The number of hydrogen-bond donors (Lipinski definition) is 0. The summed E-state index contributed by atoms with van der Waals surface area (Å²) in [5, 5.41) is 2.62. The minimum absolute atomic E-state index is 0.979. The van der Waals surface area contributed by atoms with Gasteiger partial charge in [-0.15, -0.1) is 0 Å². The van der Waals surface area contributed by atoms with Gasteiger partial charge in [0.15, 0.2) is 0 Å². The van der Waals surface area contributed by atoms with Gasteiger partial charge >= 0.3 is 0 Å². The fourth-order valence-electron chi connectivity index (χ4n) is 4.76. The summed E-state index contributed by atoms with van der Waals surface area (Å²) in [5.74, 6) is 0. The first kappa shape index (κ1) is 33.7. The van der Waals surface area contributed by atoms with Gasteiger partial charge in [-0.2, -0.15) is 11.8 Å². The number of rotatable bonds is 26. The zero-order chi connectivity index (χ0) is 24.7. The Balaban J connectivity index is 5.38. The molecule has 0 rings (SSSR count). The van der Waals surface area contributed by atoms with Crippen LogP contribution in [0.25, 0.3) is 0 Å². The molecule has 0 aromatic carbocycles. The molecule has 0 saturated heterocycles. The Morgan fingerprint density at radius 1 is 0.424 bits per heavy atom. The Hall–Kier alpha value is 0.704. The maximum atomic E-state index is 6.86. The maximum absolute atomic E-state index is 6.86. The summed E-state index contributed by atoms with van der Waals surface area (Å²) < 4.78 is 13.7. The Bertz CT molecular complexity index is 353. The van der Waals surface area contributed by atoms with E-state index in [9.17, 15) is 0 Å². The quantitative estimate of drug-likeness (QED) is 0.0837. The normalized spacial score (nSPS) is 12.5. The second-order valence-corrected chi connectivity index (χ2v) is 20.4. The second-order valence-electron chi connectivity index (χ2n) is 10.4. The van der Waals surface area contributed by atoms with Crippen LogP contribution in [0, 0.1) is 0 Å². The Morgan fingerprint density at radius 3 is 0.970 bits per heavy atom. The predicted octanol–water partition coefficient (Wildman–Crippen LogP) is 10.3. The average Bonchev–Trinajstić information content (AvgIpc) is 2.82. The molecule has 0 bridgehead atoms. The van der Waals surface area contributed by atoms with Gasteiger partial charge in [0.1, 0.15) is 0 Å². The fraction of sp³-hybridized carbons (Fsp3) is 1.00. The summed E-state index contributed by atoms with van der Waals surface area (Å²) in [7, 11) is -3.34. The molecule has 0 aliphatic carbocycles. The molecule has 0 radical (unpaired) electrons. The van der Waals surface area contributed by atoms with Crippen LogP contribution in [-0.2, 0) is 8.85 Å². The zero-order valence-corrected chi connectivity index (χ0v) is 26.6. The summed E-state index contributed by atoms with van der Waals surface area (Å²) in [6.07, 6.45) is 18.6. The van der Waals surface area contributed by atoms with Crippen LogP contribution >= 0.6 is 11.8 Å². The van der Waals surface area contributed by atoms with Crippen LogP contribution < -0.4 is 0 Å². The fourth-order valence-corrected chi connectivity index (χ4v) is 18.0. The summed E-state index contributed by atoms with van der Waals surface area (Å²) in [6, 6.07) is 5.53. The zero-order valence-electron chi connectivity index (χ0n) is 23.8. The third kappa shape index (κ3) is 16.9. The lowest BCUT2D eigenvalue weighted by atomic mass is 10.3. The lowest BCUT2D eigenvalue weighted by molar-refractivity contribution is 0.297. The molecule has 200 valence electrons. The molecule has 0 amide bonds. The van der Waals surface area contributed by atoms with Crippen molar-refractivity contribution in [2.24, 2.45) is 0 Å². The molecule has 0 fully saturated rings. The maximum Gasteiger partial charge on any atom is 0.202 e. The number of thioether (sulfide) groups is 1. The molecule has 0 aliphatic rings. The first-order valence-electron chi connectivity index (χ1n) is 14.9. The second kappa shape index (κ2) is 23.1. The van der Waals surface area contributed by atoms with Gasteiger partial charge in [-0.05, 0) is 37.0 Å². The van der Waals surface area contributed by atoms with Gasteiger partial charge in [0.25, 0.3) is 0 Å². The van der Waals surface area contributed by atoms with Crippen molar-refractivity contribution in [3.63, 3.8) is 0 Å². The first-order chi connectivity index (χ1) is 16.1. The highest BCUT2D eigenvalue weighted by Crippen LogP contribution is 2.33. The van der Waals surface area contributed by atoms with E-state index in [2.05, 4.69) is 53.3 Å². The molecule has 0 saturated carbocycles. The van der Waals surface area contributed by atoms with Crippen molar-refractivity contribution in [1.82, 2.24) is 0 Å². The monoisotopic (exact) mass is 518 g/mol. The highest BCUT2D eigenvalue weighted by atomic mass is 32.2. The lowest BCUT2D eigenvalue weighted by Crippen LogP contribution is -2.45.